The van der Waals surface area contributed by atoms with E-state index in [2.05, 4.69) is 20.6 Å². The van der Waals surface area contributed by atoms with Crippen LogP contribution in [0.25, 0.3) is 5.76 Å². The van der Waals surface area contributed by atoms with Crippen molar-refractivity contribution >= 4 is 11.5 Å². The molecule has 0 amide bonds. The zero-order valence-corrected chi connectivity index (χ0v) is 11.8. The van der Waals surface area contributed by atoms with Gasteiger partial charge in [0, 0.05) is 30.6 Å². The van der Waals surface area contributed by atoms with Crippen molar-refractivity contribution in [2.75, 3.05) is 0 Å². The second-order valence-corrected chi connectivity index (χ2v) is 4.83. The van der Waals surface area contributed by atoms with Crippen LogP contribution < -0.4 is 0 Å². The van der Waals surface area contributed by atoms with Crippen LogP contribution in [0.2, 0.25) is 0 Å². The smallest absolute Gasteiger partial charge is 0.239 e. The molecule has 2 heterocycles. The molecular weight excluding hydrogens is 301 g/mol. The van der Waals surface area contributed by atoms with Gasteiger partial charge in [-0.1, -0.05) is 12.1 Å². The van der Waals surface area contributed by atoms with Gasteiger partial charge in [0.25, 0.3) is 0 Å². The zero-order chi connectivity index (χ0) is 16.2. The predicted octanol–water partition coefficient (Wildman–Crippen LogP) is 1.97. The molecule has 2 aromatic heterocycles. The number of benzene rings is 1. The third-order valence-corrected chi connectivity index (χ3v) is 3.13. The number of aromatic nitrogens is 5. The number of nitrogens with one attached hydrogen (secondary N) is 1. The average Bonchev–Trinajstić information content (AvgIpc) is 3.18. The predicted molar refractivity (Wildman–Crippen MR) is 79.0 cm³/mol. The molecule has 0 unspecified atom stereocenters. The number of hydrogen-bond donors (Lipinski definition) is 2. The number of aliphatic hydroxyl groups excluding tert-OH is 1. The summed E-state index contributed by atoms with van der Waals surface area (Å²) in [5, 5.41) is 22.3. The molecule has 0 saturated carbocycles. The van der Waals surface area contributed by atoms with Crippen LogP contribution in [0.1, 0.15) is 21.7 Å². The van der Waals surface area contributed by atoms with Gasteiger partial charge >= 0.3 is 0 Å². The van der Waals surface area contributed by atoms with Crippen molar-refractivity contribution < 1.29 is 14.3 Å². The Hall–Kier alpha value is -3.29. The van der Waals surface area contributed by atoms with E-state index in [1.165, 1.54) is 12.1 Å². The van der Waals surface area contributed by atoms with Crippen LogP contribution in [0, 0.1) is 5.82 Å². The molecule has 0 atom stereocenters. The molecule has 2 N–H and O–H groups in total. The summed E-state index contributed by atoms with van der Waals surface area (Å²) in [7, 11) is 0. The minimum Gasteiger partial charge on any atom is -0.504 e. The third-order valence-electron chi connectivity index (χ3n) is 3.13. The first kappa shape index (κ1) is 14.6. The summed E-state index contributed by atoms with van der Waals surface area (Å²) in [5.74, 6) is -1.14. The molecule has 8 heteroatoms. The number of rotatable bonds is 5. The van der Waals surface area contributed by atoms with Gasteiger partial charge in [0.1, 0.15) is 5.82 Å². The normalized spacial score (nSPS) is 11.6. The molecule has 0 aliphatic rings. The monoisotopic (exact) mass is 313 g/mol. The summed E-state index contributed by atoms with van der Waals surface area (Å²) < 4.78 is 14.9. The first-order valence-electron chi connectivity index (χ1n) is 6.71. The highest BCUT2D eigenvalue weighted by atomic mass is 19.1. The summed E-state index contributed by atoms with van der Waals surface area (Å²) in [6.45, 7) is 0.436. The maximum Gasteiger partial charge on any atom is 0.239 e. The lowest BCUT2D eigenvalue weighted by Gasteiger charge is -2.02. The number of hydrogen-bond acceptors (Lipinski definition) is 5. The average molecular weight is 313 g/mol. The molecule has 0 aliphatic carbocycles. The molecule has 0 radical (unpaired) electrons. The van der Waals surface area contributed by atoms with Crippen molar-refractivity contribution in [3.63, 3.8) is 0 Å². The van der Waals surface area contributed by atoms with E-state index >= 15 is 0 Å². The lowest BCUT2D eigenvalue weighted by molar-refractivity contribution is 0.104. The number of aromatic amines is 1. The molecule has 1 aromatic carbocycles. The van der Waals surface area contributed by atoms with Crippen LogP contribution in [-0.2, 0) is 6.54 Å². The number of allylic oxidation sites excluding steroid dienone is 1. The fraction of sp³-hybridized carbons (Fsp3) is 0.0667. The Labute approximate surface area is 130 Å². The van der Waals surface area contributed by atoms with Crippen LogP contribution in [0.3, 0.4) is 0 Å². The Kier molecular flexibility index (Phi) is 3.96. The Morgan fingerprint density at radius 3 is 3.00 bits per heavy atom. The van der Waals surface area contributed by atoms with Crippen LogP contribution in [0.15, 0.2) is 48.8 Å². The summed E-state index contributed by atoms with van der Waals surface area (Å²) in [5.41, 5.74) is 1.17. The van der Waals surface area contributed by atoms with Gasteiger partial charge in [-0.05, 0) is 29.0 Å². The highest BCUT2D eigenvalue weighted by molar-refractivity contribution is 6.07. The van der Waals surface area contributed by atoms with Crippen molar-refractivity contribution in [3.05, 3.63) is 71.6 Å². The largest absolute Gasteiger partial charge is 0.504 e. The summed E-state index contributed by atoms with van der Waals surface area (Å²) in [4.78, 5) is 12.1. The van der Waals surface area contributed by atoms with Crippen LogP contribution >= 0.6 is 0 Å². The highest BCUT2D eigenvalue weighted by Gasteiger charge is 2.10. The molecule has 0 spiro atoms. The molecule has 23 heavy (non-hydrogen) atoms. The van der Waals surface area contributed by atoms with Crippen molar-refractivity contribution in [2.45, 2.75) is 6.54 Å². The van der Waals surface area contributed by atoms with Crippen molar-refractivity contribution in [1.82, 2.24) is 25.2 Å². The van der Waals surface area contributed by atoms with Crippen LogP contribution in [-0.4, -0.2) is 36.1 Å². The van der Waals surface area contributed by atoms with Gasteiger partial charge < -0.3 is 9.67 Å². The van der Waals surface area contributed by atoms with Crippen LogP contribution in [0.5, 0.6) is 0 Å². The molecule has 0 bridgehead atoms. The Morgan fingerprint density at radius 2 is 2.26 bits per heavy atom. The minimum atomic E-state index is -0.398. The van der Waals surface area contributed by atoms with Crippen molar-refractivity contribution in [2.24, 2.45) is 0 Å². The van der Waals surface area contributed by atoms with Crippen LogP contribution in [0.4, 0.5) is 4.39 Å². The molecule has 0 saturated heterocycles. The van der Waals surface area contributed by atoms with E-state index in [1.54, 1.807) is 35.2 Å². The quantitative estimate of drug-likeness (QED) is 0.426. The minimum absolute atomic E-state index is 0.0578. The van der Waals surface area contributed by atoms with Gasteiger partial charge in [-0.3, -0.25) is 4.79 Å². The van der Waals surface area contributed by atoms with Gasteiger partial charge in [-0.25, -0.2) is 4.39 Å². The number of halogens is 1. The number of carbonyl (C=O) groups excluding carboxylic acids is 1. The number of ketones is 1. The summed E-state index contributed by atoms with van der Waals surface area (Å²) in [6.07, 6.45) is 4.34. The Balaban J connectivity index is 1.74. The van der Waals surface area contributed by atoms with E-state index in [0.717, 1.165) is 11.6 Å². The zero-order valence-electron chi connectivity index (χ0n) is 11.8. The molecule has 0 fully saturated rings. The summed E-state index contributed by atoms with van der Waals surface area (Å²) >= 11 is 0. The molecule has 3 rings (SSSR count). The van der Waals surface area contributed by atoms with Crippen molar-refractivity contribution in [1.29, 1.82) is 0 Å². The standard InChI is InChI=1S/C15H12FN5O2/c16-12-3-1-2-10(6-12)8-21-5-4-11(9-21)13(22)7-14(23)15-17-19-20-18-15/h1-7,9,23H,8H2,(H,17,18,19,20). The second-order valence-electron chi connectivity index (χ2n) is 4.83. The van der Waals surface area contributed by atoms with Gasteiger partial charge in [-0.2, -0.15) is 5.21 Å². The first-order valence-corrected chi connectivity index (χ1v) is 6.71. The number of aliphatic hydroxyl groups is 1. The third kappa shape index (κ3) is 3.49. The van der Waals surface area contributed by atoms with E-state index in [4.69, 9.17) is 0 Å². The van der Waals surface area contributed by atoms with E-state index in [-0.39, 0.29) is 17.4 Å². The highest BCUT2D eigenvalue weighted by Crippen LogP contribution is 2.11. The Bertz CT molecular complexity index is 854. The van der Waals surface area contributed by atoms with E-state index < -0.39 is 5.78 Å². The first-order chi connectivity index (χ1) is 11.1. The maximum atomic E-state index is 13.2. The van der Waals surface area contributed by atoms with Gasteiger partial charge in [0.2, 0.25) is 5.82 Å². The number of tetrazole rings is 1. The van der Waals surface area contributed by atoms with E-state index in [9.17, 15) is 14.3 Å². The second kappa shape index (κ2) is 6.22. The van der Waals surface area contributed by atoms with Gasteiger partial charge in [-0.15, -0.1) is 10.2 Å². The molecule has 3 aromatic rings. The number of nitrogens with zero attached hydrogens (tertiary/aromatic N) is 4. The molecular formula is C15H12FN5O2. The van der Waals surface area contributed by atoms with E-state index in [1.807, 2.05) is 0 Å². The fourth-order valence-corrected chi connectivity index (χ4v) is 2.07. The SMILES string of the molecule is O=C(C=C(O)c1nn[nH]n1)c1ccn(Cc2cccc(F)c2)c1. The fourth-order valence-electron chi connectivity index (χ4n) is 2.07. The van der Waals surface area contributed by atoms with Gasteiger partial charge in [0.15, 0.2) is 11.5 Å². The topological polar surface area (TPSA) is 96.7 Å². The lowest BCUT2D eigenvalue weighted by atomic mass is 10.2. The molecule has 0 aliphatic heterocycles. The van der Waals surface area contributed by atoms with E-state index in [0.29, 0.717) is 12.1 Å². The lowest BCUT2D eigenvalue weighted by Crippen LogP contribution is -1.99. The van der Waals surface area contributed by atoms with Gasteiger partial charge in [0.05, 0.1) is 0 Å². The molecule has 7 nitrogen and oxygen atoms in total. The number of H-pyrrole nitrogens is 1. The maximum absolute atomic E-state index is 13.2. The Morgan fingerprint density at radius 1 is 1.39 bits per heavy atom. The number of carbonyl (C=O) groups is 1. The molecule has 116 valence electrons. The van der Waals surface area contributed by atoms with Crippen molar-refractivity contribution in [3.8, 4) is 0 Å². The summed E-state index contributed by atoms with van der Waals surface area (Å²) in [6, 6.07) is 7.85.